The highest BCUT2D eigenvalue weighted by Crippen LogP contribution is 2.37. The van der Waals surface area contributed by atoms with Gasteiger partial charge in [0.05, 0.1) is 24.9 Å². The fraction of sp³-hybridized carbons (Fsp3) is 0.481. The number of thiazole rings is 1. The van der Waals surface area contributed by atoms with E-state index in [1.807, 2.05) is 23.6 Å². The standard InChI is InChI=1S/C27H29N5O4S2/c28-17-26(8-9-26)31-24(34)27(6-2-1-3-7-27)30-23(33)22-15-19-5-4-18(14-21(19)36-22)20-16-37-25(29-20)32-10-12-38(35)13-11-32/h4-5,14-16H,1-3,6-13H2,(H,30,33)(H,31,34). The number of carbonyl (C=O) groups excluding carboxylic acids is 2. The van der Waals surface area contributed by atoms with Gasteiger partial charge in [0.2, 0.25) is 5.91 Å². The Morgan fingerprint density at radius 1 is 1.11 bits per heavy atom. The molecule has 0 unspecified atom stereocenters. The van der Waals surface area contributed by atoms with Crippen LogP contribution in [0.15, 0.2) is 34.1 Å². The van der Waals surface area contributed by atoms with Crippen LogP contribution >= 0.6 is 11.3 Å². The summed E-state index contributed by atoms with van der Waals surface area (Å²) < 4.78 is 17.6. The summed E-state index contributed by atoms with van der Waals surface area (Å²) in [5.41, 5.74) is 0.453. The van der Waals surface area contributed by atoms with Crippen molar-refractivity contribution >= 4 is 50.4 Å². The van der Waals surface area contributed by atoms with Crippen molar-refractivity contribution in [1.29, 1.82) is 5.26 Å². The van der Waals surface area contributed by atoms with Crippen molar-refractivity contribution in [2.24, 2.45) is 0 Å². The smallest absolute Gasteiger partial charge is 0.287 e. The molecule has 1 aromatic carbocycles. The van der Waals surface area contributed by atoms with Crippen molar-refractivity contribution in [2.45, 2.75) is 56.0 Å². The fourth-order valence-electron chi connectivity index (χ4n) is 5.24. The number of hydrogen-bond donors (Lipinski definition) is 2. The number of anilines is 1. The first-order valence-electron chi connectivity index (χ1n) is 13.0. The lowest BCUT2D eigenvalue weighted by molar-refractivity contribution is -0.129. The first kappa shape index (κ1) is 25.2. The van der Waals surface area contributed by atoms with Crippen molar-refractivity contribution in [2.75, 3.05) is 29.5 Å². The van der Waals surface area contributed by atoms with Gasteiger partial charge in [-0.3, -0.25) is 9.59 Å². The molecule has 2 aromatic heterocycles. The number of nitrogens with one attached hydrogen (secondary N) is 2. The zero-order valence-electron chi connectivity index (χ0n) is 21.0. The molecule has 11 heteroatoms. The van der Waals surface area contributed by atoms with E-state index in [2.05, 4.69) is 21.6 Å². The van der Waals surface area contributed by atoms with Gasteiger partial charge in [0.1, 0.15) is 28.2 Å². The topological polar surface area (TPSA) is 134 Å². The lowest BCUT2D eigenvalue weighted by Crippen LogP contribution is -2.61. The maximum absolute atomic E-state index is 13.3. The molecule has 1 saturated heterocycles. The molecule has 3 aromatic rings. The van der Waals surface area contributed by atoms with Gasteiger partial charge >= 0.3 is 0 Å². The quantitative estimate of drug-likeness (QED) is 0.446. The van der Waals surface area contributed by atoms with E-state index < -0.39 is 28.2 Å². The number of nitrogens with zero attached hydrogens (tertiary/aromatic N) is 3. The summed E-state index contributed by atoms with van der Waals surface area (Å²) >= 11 is 0.825. The molecule has 0 radical (unpaired) electrons. The highest BCUT2D eigenvalue weighted by atomic mass is 32.2. The van der Waals surface area contributed by atoms with Crippen LogP contribution in [0.5, 0.6) is 0 Å². The van der Waals surface area contributed by atoms with Gasteiger partial charge in [0.15, 0.2) is 10.9 Å². The largest absolute Gasteiger partial charge is 0.616 e. The van der Waals surface area contributed by atoms with E-state index in [1.165, 1.54) is 0 Å². The van der Waals surface area contributed by atoms with Crippen molar-refractivity contribution in [3.8, 4) is 17.3 Å². The van der Waals surface area contributed by atoms with Crippen molar-refractivity contribution in [1.82, 2.24) is 15.6 Å². The molecule has 2 aliphatic carbocycles. The van der Waals surface area contributed by atoms with Gasteiger partial charge in [-0.1, -0.05) is 42.6 Å². The van der Waals surface area contributed by atoms with E-state index in [0.717, 1.165) is 54.1 Å². The lowest BCUT2D eigenvalue weighted by Gasteiger charge is -2.37. The van der Waals surface area contributed by atoms with Crippen LogP contribution in [-0.2, 0) is 16.0 Å². The Balaban J connectivity index is 1.20. The average molecular weight is 552 g/mol. The van der Waals surface area contributed by atoms with Crippen LogP contribution in [0.2, 0.25) is 0 Å². The maximum Gasteiger partial charge on any atom is 0.287 e. The van der Waals surface area contributed by atoms with E-state index in [0.29, 0.717) is 42.8 Å². The van der Waals surface area contributed by atoms with E-state index in [-0.39, 0.29) is 11.7 Å². The molecule has 38 heavy (non-hydrogen) atoms. The zero-order valence-corrected chi connectivity index (χ0v) is 22.6. The molecule has 0 spiro atoms. The van der Waals surface area contributed by atoms with Crippen LogP contribution in [0.1, 0.15) is 55.5 Å². The van der Waals surface area contributed by atoms with Crippen LogP contribution in [-0.4, -0.2) is 57.0 Å². The van der Waals surface area contributed by atoms with Gasteiger partial charge in [0, 0.05) is 16.3 Å². The van der Waals surface area contributed by atoms with E-state index in [9.17, 15) is 19.4 Å². The van der Waals surface area contributed by atoms with E-state index >= 15 is 0 Å². The monoisotopic (exact) mass is 551 g/mol. The third-order valence-electron chi connectivity index (χ3n) is 7.79. The minimum Gasteiger partial charge on any atom is -0.616 e. The third kappa shape index (κ3) is 4.88. The summed E-state index contributed by atoms with van der Waals surface area (Å²) in [6.45, 7) is 1.48. The van der Waals surface area contributed by atoms with Crippen LogP contribution in [0.3, 0.4) is 0 Å². The number of amides is 2. The van der Waals surface area contributed by atoms with Gasteiger partial charge in [-0.05, 0) is 37.8 Å². The van der Waals surface area contributed by atoms with Gasteiger partial charge in [0.25, 0.3) is 5.91 Å². The molecule has 0 atom stereocenters. The van der Waals surface area contributed by atoms with Crippen molar-refractivity contribution in [3.63, 3.8) is 0 Å². The minimum absolute atomic E-state index is 0.150. The number of furan rings is 1. The zero-order chi connectivity index (χ0) is 26.3. The van der Waals surface area contributed by atoms with E-state index in [4.69, 9.17) is 9.40 Å². The predicted molar refractivity (Wildman–Crippen MR) is 146 cm³/mol. The van der Waals surface area contributed by atoms with Crippen LogP contribution < -0.4 is 15.5 Å². The second-order valence-electron chi connectivity index (χ2n) is 10.5. The Kier molecular flexibility index (Phi) is 6.58. The average Bonchev–Trinajstić information content (AvgIpc) is 3.33. The normalized spacial score (nSPS) is 20.6. The van der Waals surface area contributed by atoms with Crippen molar-refractivity contribution in [3.05, 3.63) is 35.4 Å². The third-order valence-corrected chi connectivity index (χ3v) is 9.97. The number of carbonyl (C=O) groups is 2. The molecular formula is C27H29N5O4S2. The number of fused-ring (bicyclic) bond motifs is 1. The summed E-state index contributed by atoms with van der Waals surface area (Å²) in [7, 11) is 0. The summed E-state index contributed by atoms with van der Waals surface area (Å²) in [5.74, 6) is 0.777. The number of aromatic nitrogens is 1. The van der Waals surface area contributed by atoms with Crippen LogP contribution in [0, 0.1) is 11.3 Å². The molecule has 9 nitrogen and oxygen atoms in total. The number of benzene rings is 1. The van der Waals surface area contributed by atoms with Gasteiger partial charge < -0.3 is 24.5 Å². The Morgan fingerprint density at radius 2 is 1.87 bits per heavy atom. The molecule has 2 N–H and O–H groups in total. The Morgan fingerprint density at radius 3 is 2.58 bits per heavy atom. The molecule has 1 aliphatic heterocycles. The second kappa shape index (κ2) is 9.91. The highest BCUT2D eigenvalue weighted by Gasteiger charge is 2.50. The van der Waals surface area contributed by atoms with E-state index in [1.54, 1.807) is 17.4 Å². The molecule has 3 aliphatic rings. The Bertz CT molecular complexity index is 1410. The summed E-state index contributed by atoms with van der Waals surface area (Å²) in [5, 5.41) is 19.0. The van der Waals surface area contributed by atoms with Crippen LogP contribution in [0.4, 0.5) is 5.13 Å². The molecule has 2 saturated carbocycles. The number of nitriles is 1. The number of rotatable bonds is 6. The lowest BCUT2D eigenvalue weighted by atomic mass is 9.80. The minimum atomic E-state index is -1.04. The summed E-state index contributed by atoms with van der Waals surface area (Å²) in [6.07, 6.45) is 5.04. The summed E-state index contributed by atoms with van der Waals surface area (Å²) in [6, 6.07) is 9.63. The van der Waals surface area contributed by atoms with Gasteiger partial charge in [-0.25, -0.2) is 4.98 Å². The number of hydrogen-bond acceptors (Lipinski definition) is 8. The predicted octanol–water partition coefficient (Wildman–Crippen LogP) is 3.73. The van der Waals surface area contributed by atoms with Crippen molar-refractivity contribution < 1.29 is 18.6 Å². The molecule has 3 fully saturated rings. The Hall–Kier alpha value is -3.07. The first-order chi connectivity index (χ1) is 18.4. The van der Waals surface area contributed by atoms with Gasteiger partial charge in [-0.2, -0.15) is 5.26 Å². The second-order valence-corrected chi connectivity index (χ2v) is 13.0. The molecule has 2 amide bonds. The molecular weight excluding hydrogens is 522 g/mol. The van der Waals surface area contributed by atoms with Gasteiger partial charge in [-0.15, -0.1) is 11.3 Å². The SMILES string of the molecule is N#CC1(NC(=O)C2(NC(=O)c3cc4ccc(-c5csc(N6CC[S+]([O-])CC6)n5)cc4o3)CCCCC2)CC1. The molecule has 198 valence electrons. The first-order valence-corrected chi connectivity index (χ1v) is 15.4. The highest BCUT2D eigenvalue weighted by molar-refractivity contribution is 7.91. The maximum atomic E-state index is 13.3. The molecule has 3 heterocycles. The molecule has 0 bridgehead atoms. The fourth-order valence-corrected chi connectivity index (χ4v) is 7.18. The van der Waals surface area contributed by atoms with Crippen LogP contribution in [0.25, 0.3) is 22.2 Å². The molecule has 6 rings (SSSR count). The Labute approximate surface area is 227 Å². The summed E-state index contributed by atoms with van der Waals surface area (Å²) in [4.78, 5) is 33.5.